The maximum atomic E-state index is 12.6. The Bertz CT molecular complexity index is 1000. The molecule has 0 radical (unpaired) electrons. The molecule has 2 aliphatic heterocycles. The van der Waals surface area contributed by atoms with Gasteiger partial charge in [0.05, 0.1) is 18.1 Å². The zero-order valence-electron chi connectivity index (χ0n) is 17.3. The van der Waals surface area contributed by atoms with Crippen molar-refractivity contribution in [1.82, 2.24) is 10.2 Å². The predicted molar refractivity (Wildman–Crippen MR) is 118 cm³/mol. The van der Waals surface area contributed by atoms with Crippen LogP contribution in [0, 0.1) is 0 Å². The number of rotatable bonds is 5. The van der Waals surface area contributed by atoms with Crippen molar-refractivity contribution in [1.29, 1.82) is 0 Å². The number of hydrogen-bond acceptors (Lipinski definition) is 4. The van der Waals surface area contributed by atoms with Crippen LogP contribution < -0.4 is 10.2 Å². The van der Waals surface area contributed by atoms with Gasteiger partial charge in [0, 0.05) is 36.7 Å². The van der Waals surface area contributed by atoms with Crippen LogP contribution in [0.5, 0.6) is 0 Å². The minimum Gasteiger partial charge on any atom is -0.373 e. The summed E-state index contributed by atoms with van der Waals surface area (Å²) in [6, 6.07) is 12.9. The fourth-order valence-corrected chi connectivity index (χ4v) is 4.71. The van der Waals surface area contributed by atoms with Crippen molar-refractivity contribution in [2.45, 2.75) is 31.4 Å². The Morgan fingerprint density at radius 1 is 1.12 bits per heavy atom. The van der Waals surface area contributed by atoms with Crippen LogP contribution >= 0.6 is 11.6 Å². The lowest BCUT2D eigenvalue weighted by Crippen LogP contribution is -2.51. The lowest BCUT2D eigenvalue weighted by Gasteiger charge is -2.34. The van der Waals surface area contributed by atoms with E-state index in [1.807, 2.05) is 42.5 Å². The molecule has 2 saturated heterocycles. The number of amides is 2. The first-order valence-electron chi connectivity index (χ1n) is 10.5. The molecule has 0 aromatic heterocycles. The summed E-state index contributed by atoms with van der Waals surface area (Å²) >= 11 is 6.69. The largest absolute Gasteiger partial charge is 0.373 e. The number of hydrogen-bond donors (Lipinski definition) is 2. The molecule has 2 fully saturated rings. The van der Waals surface area contributed by atoms with E-state index >= 15 is 0 Å². The number of anilines is 1. The van der Waals surface area contributed by atoms with Gasteiger partial charge in [0.2, 0.25) is 11.8 Å². The molecule has 4 rings (SSSR count). The number of carbonyl (C=O) groups excluding carboxylic acids is 2. The number of piperidine rings is 1. The predicted octanol–water partition coefficient (Wildman–Crippen LogP) is 3.23. The maximum absolute atomic E-state index is 12.6. The Balaban J connectivity index is 1.51. The van der Waals surface area contributed by atoms with Gasteiger partial charge >= 0.3 is 0 Å². The molecule has 0 bridgehead atoms. The van der Waals surface area contributed by atoms with Crippen LogP contribution in [0.4, 0.5) is 14.5 Å². The highest BCUT2D eigenvalue weighted by atomic mass is 35.5. The third kappa shape index (κ3) is 4.77. The first-order valence-corrected chi connectivity index (χ1v) is 10.9. The zero-order chi connectivity index (χ0) is 22.8. The number of alkyl halides is 2. The number of benzene rings is 2. The van der Waals surface area contributed by atoms with E-state index in [0.29, 0.717) is 36.6 Å². The highest BCUT2D eigenvalue weighted by molar-refractivity contribution is 6.34. The number of aliphatic hydroxyl groups is 1. The molecule has 0 saturated carbocycles. The maximum Gasteiger partial charge on any atom is 0.251 e. The van der Waals surface area contributed by atoms with Gasteiger partial charge < -0.3 is 15.3 Å². The van der Waals surface area contributed by atoms with Gasteiger partial charge in [-0.25, -0.2) is 8.78 Å². The molecule has 6 nitrogen and oxygen atoms in total. The van der Waals surface area contributed by atoms with Crippen LogP contribution in [0.2, 0.25) is 5.02 Å². The molecule has 9 heteroatoms. The van der Waals surface area contributed by atoms with Crippen molar-refractivity contribution in [3.05, 3.63) is 53.1 Å². The molecule has 2 atom stereocenters. The number of carbonyl (C=O) groups is 2. The summed E-state index contributed by atoms with van der Waals surface area (Å²) in [6.07, 6.45) is -2.61. The number of halogens is 3. The number of aliphatic hydroxyl groups excluding tert-OH is 1. The highest BCUT2D eigenvalue weighted by Crippen LogP contribution is 2.38. The Hall–Kier alpha value is -2.55. The van der Waals surface area contributed by atoms with Crippen LogP contribution in [-0.4, -0.2) is 60.7 Å². The van der Waals surface area contributed by atoms with Gasteiger partial charge in [0.15, 0.2) is 0 Å². The Morgan fingerprint density at radius 3 is 2.53 bits per heavy atom. The van der Waals surface area contributed by atoms with Crippen LogP contribution in [0.1, 0.15) is 24.3 Å². The van der Waals surface area contributed by atoms with E-state index in [9.17, 15) is 23.5 Å². The van der Waals surface area contributed by atoms with Gasteiger partial charge in [-0.1, -0.05) is 41.9 Å². The third-order valence-electron chi connectivity index (χ3n) is 5.99. The minimum absolute atomic E-state index is 0.0276. The Labute approximate surface area is 189 Å². The molecule has 32 heavy (non-hydrogen) atoms. The first-order chi connectivity index (χ1) is 15.3. The molecule has 0 aliphatic carbocycles. The fourth-order valence-electron chi connectivity index (χ4n) is 4.33. The lowest BCUT2D eigenvalue weighted by molar-refractivity contribution is -0.127. The van der Waals surface area contributed by atoms with Gasteiger partial charge in [-0.2, -0.15) is 0 Å². The van der Waals surface area contributed by atoms with Crippen molar-refractivity contribution in [2.75, 3.05) is 31.1 Å². The summed E-state index contributed by atoms with van der Waals surface area (Å²) in [7, 11) is 0. The molecule has 2 aliphatic rings. The second-order valence-corrected chi connectivity index (χ2v) is 8.46. The summed E-state index contributed by atoms with van der Waals surface area (Å²) in [5.74, 6) is -0.680. The van der Waals surface area contributed by atoms with Gasteiger partial charge in [-0.05, 0) is 29.7 Å². The molecular formula is C23H24ClF2N3O3. The third-order valence-corrected chi connectivity index (χ3v) is 6.41. The van der Waals surface area contributed by atoms with E-state index < -0.39 is 19.2 Å². The average Bonchev–Trinajstić information content (AvgIpc) is 2.74. The Morgan fingerprint density at radius 2 is 1.88 bits per heavy atom. The van der Waals surface area contributed by atoms with Gasteiger partial charge in [0.25, 0.3) is 6.43 Å². The van der Waals surface area contributed by atoms with E-state index in [0.717, 1.165) is 16.7 Å². The fraction of sp³-hybridized carbons (Fsp3) is 0.391. The van der Waals surface area contributed by atoms with Crippen LogP contribution in [0.3, 0.4) is 0 Å². The van der Waals surface area contributed by atoms with Crippen LogP contribution in [-0.2, 0) is 9.59 Å². The van der Waals surface area contributed by atoms with Gasteiger partial charge in [-0.3, -0.25) is 14.5 Å². The van der Waals surface area contributed by atoms with E-state index in [1.54, 1.807) is 4.90 Å². The summed E-state index contributed by atoms with van der Waals surface area (Å²) in [5, 5.41) is 13.3. The van der Waals surface area contributed by atoms with Crippen molar-refractivity contribution < 1.29 is 23.5 Å². The molecular weight excluding hydrogens is 440 g/mol. The normalized spacial score (nSPS) is 22.3. The smallest absolute Gasteiger partial charge is 0.251 e. The summed E-state index contributed by atoms with van der Waals surface area (Å²) in [5.41, 5.74) is 3.10. The molecule has 2 heterocycles. The van der Waals surface area contributed by atoms with E-state index in [-0.39, 0.29) is 24.3 Å². The highest BCUT2D eigenvalue weighted by Gasteiger charge is 2.30. The molecule has 0 spiro atoms. The van der Waals surface area contributed by atoms with Gasteiger partial charge in [0.1, 0.15) is 6.23 Å². The quantitative estimate of drug-likeness (QED) is 0.714. The number of nitrogens with one attached hydrogen (secondary N) is 1. The summed E-state index contributed by atoms with van der Waals surface area (Å²) in [6.45, 7) is 0.325. The van der Waals surface area contributed by atoms with Gasteiger partial charge in [-0.15, -0.1) is 0 Å². The zero-order valence-corrected chi connectivity index (χ0v) is 18.1. The summed E-state index contributed by atoms with van der Waals surface area (Å²) < 4.78 is 25.2. The first kappa shape index (κ1) is 22.6. The Kier molecular flexibility index (Phi) is 6.74. The average molecular weight is 464 g/mol. The molecule has 170 valence electrons. The number of piperazine rings is 1. The van der Waals surface area contributed by atoms with E-state index in [4.69, 9.17) is 11.6 Å². The van der Waals surface area contributed by atoms with Crippen molar-refractivity contribution in [3.63, 3.8) is 0 Å². The lowest BCUT2D eigenvalue weighted by atomic mass is 9.88. The molecule has 2 aromatic rings. The topological polar surface area (TPSA) is 72.9 Å². The van der Waals surface area contributed by atoms with E-state index in [2.05, 4.69) is 5.32 Å². The van der Waals surface area contributed by atoms with Crippen molar-refractivity contribution >= 4 is 29.1 Å². The summed E-state index contributed by atoms with van der Waals surface area (Å²) in [4.78, 5) is 27.0. The van der Waals surface area contributed by atoms with Crippen LogP contribution in [0.15, 0.2) is 42.5 Å². The van der Waals surface area contributed by atoms with Crippen molar-refractivity contribution in [2.24, 2.45) is 0 Å². The second kappa shape index (κ2) is 9.52. The molecule has 2 aromatic carbocycles. The standard InChI is InChI=1S/C23H24ClF2N3O3/c24-22-16(2-1-3-17(22)18-8-9-20(30)27-23(18)32)14-4-6-15(7-5-14)29-11-10-28(12-19(25)26)13-21(29)31/h1-7,18-19,23,32H,8-13H2,(H,27,30). The van der Waals surface area contributed by atoms with Crippen molar-refractivity contribution in [3.8, 4) is 11.1 Å². The SMILES string of the molecule is O=C1CCC(c2cccc(-c3ccc(N4CCN(CC(F)F)CC4=O)cc3)c2Cl)C(O)N1. The minimum atomic E-state index is -2.46. The molecule has 2 N–H and O–H groups in total. The number of nitrogens with zero attached hydrogens (tertiary/aromatic N) is 2. The monoisotopic (exact) mass is 463 g/mol. The molecule has 2 unspecified atom stereocenters. The molecule has 2 amide bonds. The second-order valence-electron chi connectivity index (χ2n) is 8.08. The van der Waals surface area contributed by atoms with E-state index in [1.165, 1.54) is 4.90 Å². The van der Waals surface area contributed by atoms with Crippen LogP contribution in [0.25, 0.3) is 11.1 Å².